The quantitative estimate of drug-likeness (QED) is 0.845. The third kappa shape index (κ3) is 2.37. The zero-order valence-electron chi connectivity index (χ0n) is 8.67. The monoisotopic (exact) mass is 209 g/mol. The average Bonchev–Trinajstić information content (AvgIpc) is 2.38. The summed E-state index contributed by atoms with van der Waals surface area (Å²) in [6.45, 7) is 0. The van der Waals surface area contributed by atoms with Crippen LogP contribution in [-0.2, 0) is 0 Å². The van der Waals surface area contributed by atoms with Crippen LogP contribution < -0.4 is 5.32 Å². The number of rotatable bonds is 3. The Kier molecular flexibility index (Phi) is 3.15. The number of hydrogen-bond acceptors (Lipinski definition) is 3. The third-order valence-electron chi connectivity index (χ3n) is 2.25. The van der Waals surface area contributed by atoms with Gasteiger partial charge in [-0.2, -0.15) is 5.26 Å². The standard InChI is InChI=1S/C13H11N3/c14-10-13(11-6-8-15-9-7-11)16-12-4-2-1-3-5-12/h1-9,13,16H. The van der Waals surface area contributed by atoms with Gasteiger partial charge in [0.2, 0.25) is 0 Å². The normalized spacial score (nSPS) is 11.4. The average molecular weight is 209 g/mol. The van der Waals surface area contributed by atoms with Gasteiger partial charge in [0.25, 0.3) is 0 Å². The van der Waals surface area contributed by atoms with Crippen molar-refractivity contribution in [3.05, 3.63) is 60.4 Å². The number of nitriles is 1. The molecular weight excluding hydrogens is 198 g/mol. The predicted octanol–water partition coefficient (Wildman–Crippen LogP) is 2.76. The zero-order chi connectivity index (χ0) is 11.2. The Morgan fingerprint density at radius 1 is 1.06 bits per heavy atom. The Hall–Kier alpha value is -2.34. The molecule has 0 saturated carbocycles. The molecule has 2 rings (SSSR count). The fraction of sp³-hybridized carbons (Fsp3) is 0.0769. The van der Waals surface area contributed by atoms with Crippen molar-refractivity contribution in [1.82, 2.24) is 4.98 Å². The lowest BCUT2D eigenvalue weighted by Gasteiger charge is -2.12. The van der Waals surface area contributed by atoms with Gasteiger partial charge >= 0.3 is 0 Å². The van der Waals surface area contributed by atoms with Crippen molar-refractivity contribution >= 4 is 5.69 Å². The fourth-order valence-corrected chi connectivity index (χ4v) is 1.45. The molecule has 0 fully saturated rings. The van der Waals surface area contributed by atoms with Gasteiger partial charge in [-0.05, 0) is 29.8 Å². The van der Waals surface area contributed by atoms with E-state index in [2.05, 4.69) is 16.4 Å². The lowest BCUT2D eigenvalue weighted by molar-refractivity contribution is 0.990. The summed E-state index contributed by atoms with van der Waals surface area (Å²) in [5.41, 5.74) is 1.85. The fourth-order valence-electron chi connectivity index (χ4n) is 1.45. The van der Waals surface area contributed by atoms with Gasteiger partial charge in [0, 0.05) is 18.1 Å². The van der Waals surface area contributed by atoms with E-state index in [0.29, 0.717) is 0 Å². The largest absolute Gasteiger partial charge is 0.366 e. The van der Waals surface area contributed by atoms with Gasteiger partial charge < -0.3 is 5.32 Å². The summed E-state index contributed by atoms with van der Waals surface area (Å²) in [7, 11) is 0. The molecule has 0 spiro atoms. The van der Waals surface area contributed by atoms with Crippen LogP contribution in [0.1, 0.15) is 11.6 Å². The van der Waals surface area contributed by atoms with Crippen molar-refractivity contribution in [2.45, 2.75) is 6.04 Å². The number of hydrogen-bond donors (Lipinski definition) is 1. The van der Waals surface area contributed by atoms with E-state index in [0.717, 1.165) is 11.3 Å². The van der Waals surface area contributed by atoms with Crippen molar-refractivity contribution in [3.63, 3.8) is 0 Å². The topological polar surface area (TPSA) is 48.7 Å². The van der Waals surface area contributed by atoms with Crippen LogP contribution in [0.2, 0.25) is 0 Å². The second-order valence-electron chi connectivity index (χ2n) is 3.35. The van der Waals surface area contributed by atoms with Gasteiger partial charge in [-0.1, -0.05) is 18.2 Å². The Morgan fingerprint density at radius 3 is 2.38 bits per heavy atom. The van der Waals surface area contributed by atoms with Crippen molar-refractivity contribution in [2.75, 3.05) is 5.32 Å². The number of benzene rings is 1. The van der Waals surface area contributed by atoms with Crippen LogP contribution in [0.3, 0.4) is 0 Å². The number of aromatic nitrogens is 1. The lowest BCUT2D eigenvalue weighted by atomic mass is 10.1. The first-order valence-electron chi connectivity index (χ1n) is 5.01. The van der Waals surface area contributed by atoms with Crippen LogP contribution in [0.5, 0.6) is 0 Å². The molecule has 0 aliphatic rings. The molecule has 1 aromatic carbocycles. The smallest absolute Gasteiger partial charge is 0.140 e. The molecule has 3 heteroatoms. The van der Waals surface area contributed by atoms with Gasteiger partial charge in [0.05, 0.1) is 6.07 Å². The van der Waals surface area contributed by atoms with Gasteiger partial charge in [-0.25, -0.2) is 0 Å². The zero-order valence-corrected chi connectivity index (χ0v) is 8.67. The predicted molar refractivity (Wildman–Crippen MR) is 62.7 cm³/mol. The molecule has 0 aliphatic heterocycles. The highest BCUT2D eigenvalue weighted by molar-refractivity contribution is 5.46. The molecular formula is C13H11N3. The number of nitrogens with one attached hydrogen (secondary N) is 1. The van der Waals surface area contributed by atoms with Gasteiger partial charge in [-0.3, -0.25) is 4.98 Å². The minimum Gasteiger partial charge on any atom is -0.366 e. The van der Waals surface area contributed by atoms with E-state index in [-0.39, 0.29) is 6.04 Å². The van der Waals surface area contributed by atoms with E-state index in [1.807, 2.05) is 42.5 Å². The SMILES string of the molecule is N#CC(Nc1ccccc1)c1ccncc1. The first-order chi connectivity index (χ1) is 7.90. The van der Waals surface area contributed by atoms with Crippen LogP contribution in [0.4, 0.5) is 5.69 Å². The van der Waals surface area contributed by atoms with E-state index in [9.17, 15) is 0 Å². The second-order valence-corrected chi connectivity index (χ2v) is 3.35. The summed E-state index contributed by atoms with van der Waals surface area (Å²) in [5.74, 6) is 0. The first kappa shape index (κ1) is 10.2. The van der Waals surface area contributed by atoms with Crippen LogP contribution >= 0.6 is 0 Å². The molecule has 0 bridgehead atoms. The van der Waals surface area contributed by atoms with Crippen LogP contribution in [-0.4, -0.2) is 4.98 Å². The summed E-state index contributed by atoms with van der Waals surface area (Å²) >= 11 is 0. The van der Waals surface area contributed by atoms with E-state index >= 15 is 0 Å². The van der Waals surface area contributed by atoms with Crippen molar-refractivity contribution in [2.24, 2.45) is 0 Å². The molecule has 1 atom stereocenters. The summed E-state index contributed by atoms with van der Waals surface area (Å²) < 4.78 is 0. The Balaban J connectivity index is 2.17. The number of anilines is 1. The Labute approximate surface area is 94.4 Å². The van der Waals surface area contributed by atoms with Crippen molar-refractivity contribution in [3.8, 4) is 6.07 Å². The number of nitrogens with zero attached hydrogens (tertiary/aromatic N) is 2. The molecule has 78 valence electrons. The van der Waals surface area contributed by atoms with E-state index in [1.54, 1.807) is 12.4 Å². The lowest BCUT2D eigenvalue weighted by Crippen LogP contribution is -2.08. The summed E-state index contributed by atoms with van der Waals surface area (Å²) in [6.07, 6.45) is 3.37. The molecule has 1 N–H and O–H groups in total. The molecule has 0 amide bonds. The van der Waals surface area contributed by atoms with E-state index in [4.69, 9.17) is 5.26 Å². The van der Waals surface area contributed by atoms with Crippen molar-refractivity contribution in [1.29, 1.82) is 5.26 Å². The van der Waals surface area contributed by atoms with E-state index in [1.165, 1.54) is 0 Å². The molecule has 16 heavy (non-hydrogen) atoms. The molecule has 1 aromatic heterocycles. The van der Waals surface area contributed by atoms with Gasteiger partial charge in [-0.15, -0.1) is 0 Å². The molecule has 1 heterocycles. The molecule has 0 aliphatic carbocycles. The highest BCUT2D eigenvalue weighted by atomic mass is 14.9. The van der Waals surface area contributed by atoms with Crippen LogP contribution in [0, 0.1) is 11.3 Å². The minimum atomic E-state index is -0.342. The molecule has 1 unspecified atom stereocenters. The summed E-state index contributed by atoms with van der Waals surface area (Å²) in [6, 6.07) is 15.2. The molecule has 2 aromatic rings. The number of para-hydroxylation sites is 1. The third-order valence-corrected chi connectivity index (χ3v) is 2.25. The van der Waals surface area contributed by atoms with E-state index < -0.39 is 0 Å². The maximum Gasteiger partial charge on any atom is 0.140 e. The van der Waals surface area contributed by atoms with Gasteiger partial charge in [0.15, 0.2) is 0 Å². The second kappa shape index (κ2) is 4.94. The molecule has 0 saturated heterocycles. The Bertz CT molecular complexity index is 474. The maximum atomic E-state index is 9.11. The maximum absolute atomic E-state index is 9.11. The van der Waals surface area contributed by atoms with Crippen LogP contribution in [0.15, 0.2) is 54.9 Å². The van der Waals surface area contributed by atoms with Gasteiger partial charge in [0.1, 0.15) is 6.04 Å². The molecule has 3 nitrogen and oxygen atoms in total. The van der Waals surface area contributed by atoms with Crippen molar-refractivity contribution < 1.29 is 0 Å². The molecule has 0 radical (unpaired) electrons. The summed E-state index contributed by atoms with van der Waals surface area (Å²) in [5, 5.41) is 12.3. The summed E-state index contributed by atoms with van der Waals surface area (Å²) in [4.78, 5) is 3.93. The highest BCUT2D eigenvalue weighted by Gasteiger charge is 2.08. The first-order valence-corrected chi connectivity index (χ1v) is 5.01. The van der Waals surface area contributed by atoms with Crippen LogP contribution in [0.25, 0.3) is 0 Å². The highest BCUT2D eigenvalue weighted by Crippen LogP contribution is 2.17. The Morgan fingerprint density at radius 2 is 1.75 bits per heavy atom. The number of pyridine rings is 1. The minimum absolute atomic E-state index is 0.342.